The first-order valence-corrected chi connectivity index (χ1v) is 14.8. The molecule has 11 heteroatoms. The molecule has 1 aliphatic rings. The number of carbonyl (C=O) groups is 2. The fraction of sp³-hybridized carbons (Fsp3) is 0.353. The summed E-state index contributed by atoms with van der Waals surface area (Å²) in [5, 5.41) is 4.52. The first kappa shape index (κ1) is 35.6. The van der Waals surface area contributed by atoms with Crippen LogP contribution in [0, 0.1) is 5.41 Å². The van der Waals surface area contributed by atoms with E-state index in [0.717, 1.165) is 35.1 Å². The lowest BCUT2D eigenvalue weighted by molar-refractivity contribution is -0.137. The Morgan fingerprint density at radius 1 is 0.911 bits per heavy atom. The number of ether oxygens (including phenoxy) is 1. The number of anilines is 2. The topological polar surface area (TPSA) is 96.8 Å². The van der Waals surface area contributed by atoms with E-state index >= 15 is 0 Å². The Labute approximate surface area is 276 Å². The van der Waals surface area contributed by atoms with E-state index in [0.29, 0.717) is 49.8 Å². The zero-order valence-electron chi connectivity index (χ0n) is 26.1. The Bertz CT molecular complexity index is 1710. The zero-order chi connectivity index (χ0) is 30.6. The molecule has 2 amide bonds. The summed E-state index contributed by atoms with van der Waals surface area (Å²) in [5.74, 6) is 0.208. The van der Waals surface area contributed by atoms with Gasteiger partial charge in [0.2, 0.25) is 11.8 Å². The van der Waals surface area contributed by atoms with Gasteiger partial charge >= 0.3 is 0 Å². The molecular formula is C34H41Cl2N5O4. The van der Waals surface area contributed by atoms with Crippen molar-refractivity contribution in [1.29, 1.82) is 0 Å². The average molecular weight is 655 g/mol. The number of pyridine rings is 2. The molecule has 9 nitrogen and oxygen atoms in total. The Kier molecular flexibility index (Phi) is 12.2. The second-order valence-corrected chi connectivity index (χ2v) is 11.3. The third-order valence-corrected chi connectivity index (χ3v) is 8.07. The quantitative estimate of drug-likeness (QED) is 0.172. The summed E-state index contributed by atoms with van der Waals surface area (Å²) >= 11 is 0. The van der Waals surface area contributed by atoms with Crippen molar-refractivity contribution in [3.63, 3.8) is 0 Å². The van der Waals surface area contributed by atoms with Crippen molar-refractivity contribution < 1.29 is 14.3 Å². The van der Waals surface area contributed by atoms with Gasteiger partial charge in [0, 0.05) is 57.1 Å². The molecule has 0 saturated carbocycles. The van der Waals surface area contributed by atoms with E-state index < -0.39 is 5.41 Å². The number of para-hydroxylation sites is 1. The molecule has 0 atom stereocenters. The number of rotatable bonds is 11. The second-order valence-electron chi connectivity index (χ2n) is 11.3. The Morgan fingerprint density at radius 3 is 2.47 bits per heavy atom. The average Bonchev–Trinajstić information content (AvgIpc) is 3.07. The van der Waals surface area contributed by atoms with Gasteiger partial charge in [-0.15, -0.1) is 24.8 Å². The lowest BCUT2D eigenvalue weighted by Gasteiger charge is -2.27. The number of aromatic nitrogens is 2. The molecule has 240 valence electrons. The number of carbonyl (C=O) groups excluding carboxylic acids is 2. The van der Waals surface area contributed by atoms with Gasteiger partial charge in [0.25, 0.3) is 5.56 Å². The molecule has 0 unspecified atom stereocenters. The highest BCUT2D eigenvalue weighted by Crippen LogP contribution is 2.40. The van der Waals surface area contributed by atoms with Gasteiger partial charge in [-0.25, -0.2) is 0 Å². The van der Waals surface area contributed by atoms with Crippen LogP contribution >= 0.6 is 24.8 Å². The van der Waals surface area contributed by atoms with Gasteiger partial charge in [0.15, 0.2) is 0 Å². The van der Waals surface area contributed by atoms with E-state index in [1.54, 1.807) is 43.0 Å². The maximum Gasteiger partial charge on any atom is 0.251 e. The molecule has 0 aliphatic carbocycles. The monoisotopic (exact) mass is 653 g/mol. The number of aryl methyl sites for hydroxylation is 2. The standard InChI is InChI=1S/C34H39N5O4.2ClH/c1-5-38-29-15-14-26(22-30(29)37(4)32(41)34(2,3)33(38)42)43-21-9-18-35-23-25-11-8-19-36-27(25)17-20-39-28-12-7-6-10-24(28)13-16-31(39)40;;/h6-8,10-16,19,22,35H,5,9,17-18,20-21,23H2,1-4H3;2*1H. The van der Waals surface area contributed by atoms with Crippen molar-refractivity contribution >= 4 is 58.9 Å². The first-order valence-electron chi connectivity index (χ1n) is 14.8. The van der Waals surface area contributed by atoms with Crippen LogP contribution in [0.25, 0.3) is 10.9 Å². The van der Waals surface area contributed by atoms with Crippen molar-refractivity contribution in [1.82, 2.24) is 14.9 Å². The summed E-state index contributed by atoms with van der Waals surface area (Å²) in [5.41, 5.74) is 3.22. The fourth-order valence-electron chi connectivity index (χ4n) is 5.63. The van der Waals surface area contributed by atoms with Crippen molar-refractivity contribution in [2.75, 3.05) is 36.5 Å². The minimum Gasteiger partial charge on any atom is -0.493 e. The van der Waals surface area contributed by atoms with Crippen LogP contribution in [0.15, 0.2) is 77.7 Å². The van der Waals surface area contributed by atoms with E-state index in [-0.39, 0.29) is 42.2 Å². The van der Waals surface area contributed by atoms with Gasteiger partial charge < -0.3 is 24.4 Å². The molecular weight excluding hydrogens is 613 g/mol. The molecule has 0 saturated heterocycles. The molecule has 0 spiro atoms. The number of hydrogen-bond acceptors (Lipinski definition) is 6. The summed E-state index contributed by atoms with van der Waals surface area (Å²) in [6.07, 6.45) is 3.22. The fourth-order valence-corrected chi connectivity index (χ4v) is 5.63. The molecule has 2 aromatic carbocycles. The molecule has 4 aromatic rings. The largest absolute Gasteiger partial charge is 0.493 e. The van der Waals surface area contributed by atoms with Crippen molar-refractivity contribution in [2.24, 2.45) is 5.41 Å². The van der Waals surface area contributed by atoms with Crippen LogP contribution in [0.4, 0.5) is 11.4 Å². The van der Waals surface area contributed by atoms with E-state index in [4.69, 9.17) is 4.74 Å². The Hall–Kier alpha value is -3.92. The van der Waals surface area contributed by atoms with Crippen molar-refractivity contribution in [2.45, 2.75) is 46.7 Å². The van der Waals surface area contributed by atoms with Gasteiger partial charge in [-0.05, 0) is 75.0 Å². The van der Waals surface area contributed by atoms with Crippen molar-refractivity contribution in [3.05, 3.63) is 94.5 Å². The van der Waals surface area contributed by atoms with Crippen LogP contribution < -0.4 is 25.4 Å². The summed E-state index contributed by atoms with van der Waals surface area (Å²) < 4.78 is 7.84. The lowest BCUT2D eigenvalue weighted by Crippen LogP contribution is -2.47. The highest BCUT2D eigenvalue weighted by atomic mass is 35.5. The minimum absolute atomic E-state index is 0. The van der Waals surface area contributed by atoms with E-state index in [1.807, 2.05) is 66.1 Å². The molecule has 5 rings (SSSR count). The lowest BCUT2D eigenvalue weighted by atomic mass is 9.90. The molecule has 2 aromatic heterocycles. The smallest absolute Gasteiger partial charge is 0.251 e. The summed E-state index contributed by atoms with van der Waals surface area (Å²) in [4.78, 5) is 46.6. The van der Waals surface area contributed by atoms with Crippen molar-refractivity contribution in [3.8, 4) is 5.75 Å². The molecule has 0 bridgehead atoms. The van der Waals surface area contributed by atoms with Crippen LogP contribution in [0.3, 0.4) is 0 Å². The Morgan fingerprint density at radius 2 is 1.69 bits per heavy atom. The summed E-state index contributed by atoms with van der Waals surface area (Å²) in [7, 11) is 1.70. The number of nitrogens with zero attached hydrogens (tertiary/aromatic N) is 4. The molecule has 3 heterocycles. The molecule has 45 heavy (non-hydrogen) atoms. The first-order chi connectivity index (χ1) is 20.7. The predicted octanol–water partition coefficient (Wildman–Crippen LogP) is 5.40. The third-order valence-electron chi connectivity index (χ3n) is 8.07. The number of halogens is 2. The molecule has 1 N–H and O–H groups in total. The SMILES string of the molecule is CCN1C(=O)C(C)(C)C(=O)N(C)c2cc(OCCCNCc3cccnc3CCn3c(=O)ccc4ccccc43)ccc21.Cl.Cl. The van der Waals surface area contributed by atoms with Gasteiger partial charge in [-0.2, -0.15) is 0 Å². The van der Waals surface area contributed by atoms with E-state index in [2.05, 4.69) is 16.4 Å². The molecule has 0 fully saturated rings. The van der Waals surface area contributed by atoms with Crippen LogP contribution in [-0.2, 0) is 29.1 Å². The molecule has 1 aliphatic heterocycles. The van der Waals surface area contributed by atoms with E-state index in [1.165, 1.54) is 0 Å². The predicted molar refractivity (Wildman–Crippen MR) is 184 cm³/mol. The zero-order valence-corrected chi connectivity index (χ0v) is 27.7. The van der Waals surface area contributed by atoms with Gasteiger partial charge in [0.05, 0.1) is 23.5 Å². The highest BCUT2D eigenvalue weighted by Gasteiger charge is 2.45. The van der Waals surface area contributed by atoms with Gasteiger partial charge in [-0.1, -0.05) is 24.3 Å². The highest BCUT2D eigenvalue weighted by molar-refractivity contribution is 6.20. The summed E-state index contributed by atoms with van der Waals surface area (Å²) in [6.45, 7) is 8.19. The minimum atomic E-state index is -1.14. The summed E-state index contributed by atoms with van der Waals surface area (Å²) in [6, 6.07) is 20.9. The number of benzene rings is 2. The third kappa shape index (κ3) is 7.49. The van der Waals surface area contributed by atoms with Crippen LogP contribution in [-0.4, -0.2) is 48.1 Å². The second kappa shape index (κ2) is 15.4. The number of nitrogens with one attached hydrogen (secondary N) is 1. The van der Waals surface area contributed by atoms with Gasteiger partial charge in [0.1, 0.15) is 11.2 Å². The van der Waals surface area contributed by atoms with Gasteiger partial charge in [-0.3, -0.25) is 19.4 Å². The number of amides is 2. The number of hydrogen-bond donors (Lipinski definition) is 1. The maximum absolute atomic E-state index is 13.1. The normalized spacial score (nSPS) is 14.0. The van der Waals surface area contributed by atoms with Crippen LogP contribution in [0.1, 0.15) is 38.4 Å². The maximum atomic E-state index is 13.1. The Balaban J connectivity index is 0.00000276. The van der Waals surface area contributed by atoms with Crippen LogP contribution in [0.5, 0.6) is 5.75 Å². The van der Waals surface area contributed by atoms with Crippen LogP contribution in [0.2, 0.25) is 0 Å². The number of fused-ring (bicyclic) bond motifs is 2. The molecule has 0 radical (unpaired) electrons. The van der Waals surface area contributed by atoms with E-state index in [9.17, 15) is 14.4 Å².